The molecule has 1 aliphatic carbocycles. The highest BCUT2D eigenvalue weighted by Gasteiger charge is 2.35. The predicted octanol–water partition coefficient (Wildman–Crippen LogP) is 14.0. The van der Waals surface area contributed by atoms with Crippen molar-refractivity contribution in [2.45, 2.75) is 19.3 Å². The zero-order valence-corrected chi connectivity index (χ0v) is 30.3. The molecule has 0 spiro atoms. The summed E-state index contributed by atoms with van der Waals surface area (Å²) < 4.78 is 8.54. The Balaban J connectivity index is 1.05. The molecule has 3 nitrogen and oxygen atoms in total. The van der Waals surface area contributed by atoms with Gasteiger partial charge in [-0.15, -0.1) is 0 Å². The fourth-order valence-electron chi connectivity index (χ4n) is 8.38. The second-order valence-electron chi connectivity index (χ2n) is 14.6. The molecule has 1 aromatic heterocycles. The van der Waals surface area contributed by atoms with Crippen molar-refractivity contribution in [1.82, 2.24) is 4.57 Å². The van der Waals surface area contributed by atoms with Gasteiger partial charge in [-0.3, -0.25) is 0 Å². The fraction of sp³-hybridized carbons (Fsp3) is 0.0588. The molecule has 0 saturated heterocycles. The third kappa shape index (κ3) is 5.28. The molecule has 54 heavy (non-hydrogen) atoms. The van der Waals surface area contributed by atoms with Crippen molar-refractivity contribution in [3.05, 3.63) is 205 Å². The van der Waals surface area contributed by atoms with Gasteiger partial charge >= 0.3 is 0 Å². The quantitative estimate of drug-likeness (QED) is 0.165. The smallest absolute Gasteiger partial charge is 0.127 e. The summed E-state index contributed by atoms with van der Waals surface area (Å²) in [6, 6.07) is 69.3. The molecule has 0 bridgehead atoms. The van der Waals surface area contributed by atoms with Crippen molar-refractivity contribution < 1.29 is 4.74 Å². The molecule has 1 heterocycles. The van der Waals surface area contributed by atoms with E-state index in [-0.39, 0.29) is 5.41 Å². The van der Waals surface area contributed by atoms with E-state index in [4.69, 9.17) is 4.74 Å². The molecule has 1 aliphatic rings. The first-order chi connectivity index (χ1) is 26.5. The third-order valence-corrected chi connectivity index (χ3v) is 11.0. The lowest BCUT2D eigenvalue weighted by Crippen LogP contribution is -2.16. The van der Waals surface area contributed by atoms with Crippen LogP contribution in [-0.4, -0.2) is 4.57 Å². The maximum Gasteiger partial charge on any atom is 0.127 e. The average molecular weight is 695 g/mol. The molecule has 8 aromatic carbocycles. The highest BCUT2D eigenvalue weighted by atomic mass is 16.5. The van der Waals surface area contributed by atoms with Gasteiger partial charge in [0.15, 0.2) is 0 Å². The second-order valence-corrected chi connectivity index (χ2v) is 14.6. The summed E-state index contributed by atoms with van der Waals surface area (Å²) >= 11 is 0. The largest absolute Gasteiger partial charge is 0.457 e. The van der Waals surface area contributed by atoms with E-state index in [1.54, 1.807) is 0 Å². The molecule has 0 atom stereocenters. The number of para-hydroxylation sites is 3. The van der Waals surface area contributed by atoms with Crippen LogP contribution in [0.3, 0.4) is 0 Å². The van der Waals surface area contributed by atoms with E-state index in [9.17, 15) is 0 Å². The van der Waals surface area contributed by atoms with E-state index < -0.39 is 0 Å². The number of nitrogens with zero attached hydrogens (tertiary/aromatic N) is 2. The van der Waals surface area contributed by atoms with Crippen LogP contribution >= 0.6 is 0 Å². The number of fused-ring (bicyclic) bond motifs is 6. The number of hydrogen-bond donors (Lipinski definition) is 0. The average Bonchev–Trinajstić information content (AvgIpc) is 3.67. The fourth-order valence-corrected chi connectivity index (χ4v) is 8.38. The highest BCUT2D eigenvalue weighted by molar-refractivity contribution is 6.10. The summed E-state index contributed by atoms with van der Waals surface area (Å²) in [5, 5.41) is 2.50. The molecular formula is C51H38N2O. The summed E-state index contributed by atoms with van der Waals surface area (Å²) in [6.07, 6.45) is 0. The van der Waals surface area contributed by atoms with Crippen LogP contribution in [0.4, 0.5) is 17.1 Å². The molecule has 9 aromatic rings. The van der Waals surface area contributed by atoms with Crippen molar-refractivity contribution in [2.24, 2.45) is 0 Å². The molecule has 0 amide bonds. The normalized spacial score (nSPS) is 12.8. The Morgan fingerprint density at radius 3 is 1.78 bits per heavy atom. The van der Waals surface area contributed by atoms with Crippen LogP contribution in [0.5, 0.6) is 11.5 Å². The molecular weight excluding hydrogens is 657 g/mol. The van der Waals surface area contributed by atoms with Gasteiger partial charge in [0.2, 0.25) is 0 Å². The number of aromatic nitrogens is 1. The number of rotatable bonds is 7. The Morgan fingerprint density at radius 2 is 1.00 bits per heavy atom. The molecule has 0 radical (unpaired) electrons. The van der Waals surface area contributed by atoms with Crippen LogP contribution in [-0.2, 0) is 5.41 Å². The van der Waals surface area contributed by atoms with Gasteiger partial charge in [0.05, 0.1) is 11.0 Å². The van der Waals surface area contributed by atoms with Crippen LogP contribution < -0.4 is 9.64 Å². The minimum Gasteiger partial charge on any atom is -0.457 e. The van der Waals surface area contributed by atoms with Gasteiger partial charge in [-0.2, -0.15) is 0 Å². The predicted molar refractivity (Wildman–Crippen MR) is 225 cm³/mol. The maximum absolute atomic E-state index is 6.18. The summed E-state index contributed by atoms with van der Waals surface area (Å²) in [7, 11) is 0. The van der Waals surface area contributed by atoms with Gasteiger partial charge in [0.1, 0.15) is 11.5 Å². The van der Waals surface area contributed by atoms with Gasteiger partial charge in [-0.25, -0.2) is 0 Å². The standard InChI is InChI=1S/C51H38N2O/c1-51(2)47-19-11-9-17-43(47)44-31-28-40(34-48(44)51)52(39-26-29-42(30-27-39)54-41-15-7-4-8-16-41)38-24-21-35(22-25-38)36-23-32-50-46(33-36)45-18-10-12-20-49(45)53(50)37-13-5-3-6-14-37/h3-34H,1-2H3. The molecule has 0 fully saturated rings. The Morgan fingerprint density at radius 1 is 0.426 bits per heavy atom. The molecule has 258 valence electrons. The van der Waals surface area contributed by atoms with Crippen molar-refractivity contribution in [3.63, 3.8) is 0 Å². The number of anilines is 3. The Labute approximate surface area is 316 Å². The van der Waals surface area contributed by atoms with E-state index in [0.29, 0.717) is 0 Å². The third-order valence-electron chi connectivity index (χ3n) is 11.0. The van der Waals surface area contributed by atoms with Gasteiger partial charge in [0.25, 0.3) is 0 Å². The topological polar surface area (TPSA) is 17.4 Å². The minimum absolute atomic E-state index is 0.104. The minimum atomic E-state index is -0.104. The monoisotopic (exact) mass is 694 g/mol. The highest BCUT2D eigenvalue weighted by Crippen LogP contribution is 2.50. The lowest BCUT2D eigenvalue weighted by molar-refractivity contribution is 0.483. The first kappa shape index (κ1) is 31.9. The van der Waals surface area contributed by atoms with E-state index in [1.165, 1.54) is 60.9 Å². The first-order valence-electron chi connectivity index (χ1n) is 18.6. The molecule has 0 unspecified atom stereocenters. The number of hydrogen-bond acceptors (Lipinski definition) is 2. The van der Waals surface area contributed by atoms with Crippen molar-refractivity contribution >= 4 is 38.9 Å². The van der Waals surface area contributed by atoms with Gasteiger partial charge < -0.3 is 14.2 Å². The molecule has 0 N–H and O–H groups in total. The summed E-state index contributed by atoms with van der Waals surface area (Å²) in [6.45, 7) is 4.68. The van der Waals surface area contributed by atoms with E-state index in [1.807, 2.05) is 30.3 Å². The van der Waals surface area contributed by atoms with Crippen LogP contribution in [0.15, 0.2) is 194 Å². The van der Waals surface area contributed by atoms with E-state index >= 15 is 0 Å². The van der Waals surface area contributed by atoms with Gasteiger partial charge in [-0.1, -0.05) is 117 Å². The second kappa shape index (κ2) is 12.7. The van der Waals surface area contributed by atoms with Crippen LogP contribution in [0.2, 0.25) is 0 Å². The summed E-state index contributed by atoms with van der Waals surface area (Å²) in [5.74, 6) is 1.62. The van der Waals surface area contributed by atoms with Crippen LogP contribution in [0.1, 0.15) is 25.0 Å². The Kier molecular flexibility index (Phi) is 7.48. The molecule has 0 saturated carbocycles. The summed E-state index contributed by atoms with van der Waals surface area (Å²) in [4.78, 5) is 2.35. The number of ether oxygens (including phenoxy) is 1. The summed E-state index contributed by atoms with van der Waals surface area (Å²) in [5.41, 5.74) is 14.5. The van der Waals surface area contributed by atoms with Crippen LogP contribution in [0.25, 0.3) is 49.7 Å². The zero-order valence-electron chi connectivity index (χ0n) is 30.3. The van der Waals surface area contributed by atoms with Crippen LogP contribution in [0, 0.1) is 0 Å². The number of benzene rings is 8. The lowest BCUT2D eigenvalue weighted by Gasteiger charge is -2.28. The van der Waals surface area contributed by atoms with E-state index in [0.717, 1.165) is 28.6 Å². The first-order valence-corrected chi connectivity index (χ1v) is 18.6. The van der Waals surface area contributed by atoms with Crippen molar-refractivity contribution in [3.8, 4) is 39.4 Å². The van der Waals surface area contributed by atoms with Gasteiger partial charge in [-0.05, 0) is 124 Å². The molecule has 3 heteroatoms. The van der Waals surface area contributed by atoms with E-state index in [2.05, 4.69) is 187 Å². The molecule has 10 rings (SSSR count). The Bertz CT molecular complexity index is 2800. The Hall–Kier alpha value is -6.84. The van der Waals surface area contributed by atoms with Crippen molar-refractivity contribution in [2.75, 3.05) is 4.90 Å². The zero-order chi connectivity index (χ0) is 36.2. The maximum atomic E-state index is 6.18. The lowest BCUT2D eigenvalue weighted by atomic mass is 9.82. The van der Waals surface area contributed by atoms with Crippen molar-refractivity contribution in [1.29, 1.82) is 0 Å². The SMILES string of the molecule is CC1(C)c2ccccc2-c2ccc(N(c3ccc(Oc4ccccc4)cc3)c3ccc(-c4ccc5c(c4)c4ccccc4n5-c4ccccc4)cc3)cc21. The van der Waals surface area contributed by atoms with Gasteiger partial charge in [0, 0.05) is 38.9 Å². The molecule has 0 aliphatic heterocycles.